The molecule has 22 heavy (non-hydrogen) atoms. The van der Waals surface area contributed by atoms with Gasteiger partial charge in [0.1, 0.15) is 11.4 Å². The van der Waals surface area contributed by atoms with Crippen LogP contribution in [0.1, 0.15) is 11.3 Å². The molecule has 0 radical (unpaired) electrons. The van der Waals surface area contributed by atoms with Gasteiger partial charge in [0.05, 0.1) is 11.6 Å². The fourth-order valence-electron chi connectivity index (χ4n) is 2.03. The molecule has 3 rings (SSSR count). The second-order valence-corrected chi connectivity index (χ2v) is 4.49. The number of fused-ring (bicyclic) bond motifs is 1. The number of hydrogen-bond acceptors (Lipinski definition) is 3. The normalized spacial score (nSPS) is 11.4. The lowest BCUT2D eigenvalue weighted by atomic mass is 10.2. The second kappa shape index (κ2) is 5.07. The Hall–Kier alpha value is -3.01. The molecule has 0 bridgehead atoms. The number of pyridine rings is 1. The second-order valence-electron chi connectivity index (χ2n) is 4.49. The Kier molecular flexibility index (Phi) is 3.22. The van der Waals surface area contributed by atoms with E-state index < -0.39 is 11.9 Å². The Balaban J connectivity index is 2.05. The van der Waals surface area contributed by atoms with Gasteiger partial charge in [0.25, 0.3) is 0 Å². The molecule has 110 valence electrons. The van der Waals surface area contributed by atoms with Crippen LogP contribution < -0.4 is 4.74 Å². The topological polar surface area (TPSA) is 61.7 Å². The summed E-state index contributed by atoms with van der Waals surface area (Å²) in [7, 11) is 0. The highest BCUT2D eigenvalue weighted by molar-refractivity contribution is 5.85. The zero-order valence-corrected chi connectivity index (χ0v) is 11.0. The largest absolute Gasteiger partial charge is 0.438 e. The van der Waals surface area contributed by atoms with Gasteiger partial charge in [0, 0.05) is 23.2 Å². The highest BCUT2D eigenvalue weighted by Gasteiger charge is 2.33. The van der Waals surface area contributed by atoms with Crippen molar-refractivity contribution in [3.63, 3.8) is 0 Å². The molecule has 4 nitrogen and oxygen atoms in total. The Bertz CT molecular complexity index is 878. The summed E-state index contributed by atoms with van der Waals surface area (Å²) in [4.78, 5) is 6.40. The van der Waals surface area contributed by atoms with Gasteiger partial charge in [-0.25, -0.2) is 4.98 Å². The molecule has 3 aromatic rings. The Morgan fingerprint density at radius 1 is 1.18 bits per heavy atom. The predicted octanol–water partition coefficient (Wildman–Crippen LogP) is 4.25. The summed E-state index contributed by atoms with van der Waals surface area (Å²) in [5, 5.41) is 9.56. The zero-order valence-electron chi connectivity index (χ0n) is 11.0. The fourth-order valence-corrected chi connectivity index (χ4v) is 2.03. The third-order valence-electron chi connectivity index (χ3n) is 2.99. The third kappa shape index (κ3) is 2.59. The van der Waals surface area contributed by atoms with E-state index in [1.807, 2.05) is 6.07 Å². The molecule has 2 aromatic heterocycles. The van der Waals surface area contributed by atoms with E-state index >= 15 is 0 Å². The minimum absolute atomic E-state index is 0.168. The standard InChI is InChI=1S/C15H8F3N3O/c16-15(17,18)13-6-9(8-19)7-14(21-13)22-12-3-1-2-11-10(12)4-5-20-11/h1-7,20H. The molecule has 1 aromatic carbocycles. The molecule has 0 amide bonds. The lowest BCUT2D eigenvalue weighted by Gasteiger charge is -2.10. The highest BCUT2D eigenvalue weighted by atomic mass is 19.4. The molecular weight excluding hydrogens is 295 g/mol. The Morgan fingerprint density at radius 3 is 2.73 bits per heavy atom. The number of rotatable bonds is 2. The molecular formula is C15H8F3N3O. The quantitative estimate of drug-likeness (QED) is 0.770. The van der Waals surface area contributed by atoms with Gasteiger partial charge in [-0.1, -0.05) is 6.07 Å². The minimum Gasteiger partial charge on any atom is -0.438 e. The van der Waals surface area contributed by atoms with Crippen LogP contribution in [0.15, 0.2) is 42.6 Å². The number of nitrogens with one attached hydrogen (secondary N) is 1. The van der Waals surface area contributed by atoms with Crippen LogP contribution in [0.4, 0.5) is 13.2 Å². The average Bonchev–Trinajstić information content (AvgIpc) is 2.95. The molecule has 7 heteroatoms. The molecule has 0 fully saturated rings. The molecule has 0 saturated carbocycles. The van der Waals surface area contributed by atoms with Crippen LogP contribution in [0.3, 0.4) is 0 Å². The number of ether oxygens (including phenoxy) is 1. The van der Waals surface area contributed by atoms with Crippen molar-refractivity contribution >= 4 is 10.9 Å². The minimum atomic E-state index is -4.65. The number of hydrogen-bond donors (Lipinski definition) is 1. The lowest BCUT2D eigenvalue weighted by Crippen LogP contribution is -2.09. The number of halogens is 3. The van der Waals surface area contributed by atoms with Gasteiger partial charge in [-0.3, -0.25) is 0 Å². The maximum Gasteiger partial charge on any atom is 0.433 e. The summed E-state index contributed by atoms with van der Waals surface area (Å²) >= 11 is 0. The van der Waals surface area contributed by atoms with Crippen molar-refractivity contribution in [2.45, 2.75) is 6.18 Å². The summed E-state index contributed by atoms with van der Waals surface area (Å²) < 4.78 is 43.8. The first kappa shape index (κ1) is 13.9. The van der Waals surface area contributed by atoms with Gasteiger partial charge in [-0.15, -0.1) is 0 Å². The van der Waals surface area contributed by atoms with Crippen molar-refractivity contribution < 1.29 is 17.9 Å². The maximum atomic E-state index is 12.8. The first-order chi connectivity index (χ1) is 10.5. The van der Waals surface area contributed by atoms with E-state index in [2.05, 4.69) is 9.97 Å². The van der Waals surface area contributed by atoms with Gasteiger partial charge >= 0.3 is 6.18 Å². The maximum absolute atomic E-state index is 12.8. The first-order valence-electron chi connectivity index (χ1n) is 6.21. The molecule has 0 spiro atoms. The molecule has 0 atom stereocenters. The Labute approximate surface area is 122 Å². The molecule has 0 aliphatic rings. The molecule has 0 aliphatic heterocycles. The molecule has 0 unspecified atom stereocenters. The fraction of sp³-hybridized carbons (Fsp3) is 0.0667. The van der Waals surface area contributed by atoms with Gasteiger partial charge in [-0.05, 0) is 24.3 Å². The van der Waals surface area contributed by atoms with Gasteiger partial charge < -0.3 is 9.72 Å². The van der Waals surface area contributed by atoms with Gasteiger partial charge in [0.15, 0.2) is 0 Å². The van der Waals surface area contributed by atoms with Crippen molar-refractivity contribution in [1.82, 2.24) is 9.97 Å². The van der Waals surface area contributed by atoms with Crippen LogP contribution in [-0.4, -0.2) is 9.97 Å². The summed E-state index contributed by atoms with van der Waals surface area (Å²) in [6.07, 6.45) is -2.96. The SMILES string of the molecule is N#Cc1cc(Oc2cccc3[nH]ccc23)nc(C(F)(F)F)c1. The van der Waals surface area contributed by atoms with E-state index in [-0.39, 0.29) is 11.4 Å². The van der Waals surface area contributed by atoms with Crippen molar-refractivity contribution in [2.24, 2.45) is 0 Å². The Morgan fingerprint density at radius 2 is 2.00 bits per heavy atom. The molecule has 2 heterocycles. The van der Waals surface area contributed by atoms with E-state index in [4.69, 9.17) is 10.00 Å². The highest BCUT2D eigenvalue weighted by Crippen LogP contribution is 2.33. The monoisotopic (exact) mass is 303 g/mol. The number of alkyl halides is 3. The zero-order chi connectivity index (χ0) is 15.7. The number of nitrogens with zero attached hydrogens (tertiary/aromatic N) is 2. The average molecular weight is 303 g/mol. The van der Waals surface area contributed by atoms with Crippen LogP contribution in [0.25, 0.3) is 10.9 Å². The summed E-state index contributed by atoms with van der Waals surface area (Å²) in [6, 6.07) is 10.4. The predicted molar refractivity (Wildman–Crippen MR) is 72.3 cm³/mol. The van der Waals surface area contributed by atoms with E-state index in [0.29, 0.717) is 17.2 Å². The number of nitriles is 1. The van der Waals surface area contributed by atoms with Crippen LogP contribution in [0, 0.1) is 11.3 Å². The summed E-state index contributed by atoms with van der Waals surface area (Å²) in [5.41, 5.74) is -0.550. The van der Waals surface area contributed by atoms with Crippen LogP contribution >= 0.6 is 0 Å². The number of aromatic amines is 1. The molecule has 0 aliphatic carbocycles. The van der Waals surface area contributed by atoms with Crippen molar-refractivity contribution in [1.29, 1.82) is 5.26 Å². The van der Waals surface area contributed by atoms with Crippen LogP contribution in [0.5, 0.6) is 11.6 Å². The van der Waals surface area contributed by atoms with Crippen molar-refractivity contribution in [3.8, 4) is 17.7 Å². The van der Waals surface area contributed by atoms with E-state index in [1.165, 1.54) is 6.07 Å². The number of H-pyrrole nitrogens is 1. The van der Waals surface area contributed by atoms with Crippen molar-refractivity contribution in [2.75, 3.05) is 0 Å². The lowest BCUT2D eigenvalue weighted by molar-refractivity contribution is -0.141. The first-order valence-corrected chi connectivity index (χ1v) is 6.21. The van der Waals surface area contributed by atoms with E-state index in [9.17, 15) is 13.2 Å². The third-order valence-corrected chi connectivity index (χ3v) is 2.99. The van der Waals surface area contributed by atoms with Crippen molar-refractivity contribution in [3.05, 3.63) is 53.9 Å². The number of benzene rings is 1. The van der Waals surface area contributed by atoms with Crippen LogP contribution in [-0.2, 0) is 6.18 Å². The number of aromatic nitrogens is 2. The summed E-state index contributed by atoms with van der Waals surface area (Å²) in [5.74, 6) is 0.0783. The smallest absolute Gasteiger partial charge is 0.433 e. The summed E-state index contributed by atoms with van der Waals surface area (Å²) in [6.45, 7) is 0. The van der Waals surface area contributed by atoms with Gasteiger partial charge in [-0.2, -0.15) is 18.4 Å². The van der Waals surface area contributed by atoms with Gasteiger partial charge in [0.2, 0.25) is 5.88 Å². The molecule has 0 saturated heterocycles. The van der Waals surface area contributed by atoms with Crippen LogP contribution in [0.2, 0.25) is 0 Å². The van der Waals surface area contributed by atoms with E-state index in [1.54, 1.807) is 30.5 Å². The molecule has 1 N–H and O–H groups in total. The van der Waals surface area contributed by atoms with E-state index in [0.717, 1.165) is 5.52 Å².